The van der Waals surface area contributed by atoms with Crippen molar-refractivity contribution in [1.82, 2.24) is 15.5 Å². The SMILES string of the molecule is CC(CN(C)C(=O)CNC(=O)NC1CCCCC1)C(=O)O. The summed E-state index contributed by atoms with van der Waals surface area (Å²) in [5, 5.41) is 14.2. The van der Waals surface area contributed by atoms with Gasteiger partial charge in [-0.1, -0.05) is 26.2 Å². The standard InChI is InChI=1S/C14H25N3O4/c1-10(13(19)20)9-17(2)12(18)8-15-14(21)16-11-6-4-3-5-7-11/h10-11H,3-9H2,1-2H3,(H,19,20)(H2,15,16,21). The molecule has 1 atom stereocenters. The molecule has 0 aromatic rings. The largest absolute Gasteiger partial charge is 0.481 e. The Bertz CT molecular complexity index is 380. The molecule has 0 heterocycles. The van der Waals surface area contributed by atoms with Crippen LogP contribution in [0.3, 0.4) is 0 Å². The van der Waals surface area contributed by atoms with Crippen molar-refractivity contribution in [1.29, 1.82) is 0 Å². The summed E-state index contributed by atoms with van der Waals surface area (Å²) in [5.74, 6) is -1.88. The van der Waals surface area contributed by atoms with Crippen molar-refractivity contribution in [2.24, 2.45) is 5.92 Å². The van der Waals surface area contributed by atoms with Crippen LogP contribution in [0.15, 0.2) is 0 Å². The monoisotopic (exact) mass is 299 g/mol. The van der Waals surface area contributed by atoms with Crippen LogP contribution in [0.25, 0.3) is 0 Å². The van der Waals surface area contributed by atoms with Crippen LogP contribution in [0.2, 0.25) is 0 Å². The van der Waals surface area contributed by atoms with Crippen LogP contribution < -0.4 is 10.6 Å². The fourth-order valence-electron chi connectivity index (χ4n) is 2.36. The fraction of sp³-hybridized carbons (Fsp3) is 0.786. The summed E-state index contributed by atoms with van der Waals surface area (Å²) < 4.78 is 0. The quantitative estimate of drug-likeness (QED) is 0.675. The molecule has 120 valence electrons. The Morgan fingerprint density at radius 1 is 1.24 bits per heavy atom. The maximum Gasteiger partial charge on any atom is 0.315 e. The fourth-order valence-corrected chi connectivity index (χ4v) is 2.36. The van der Waals surface area contributed by atoms with Crippen molar-refractivity contribution in [3.63, 3.8) is 0 Å². The zero-order valence-electron chi connectivity index (χ0n) is 12.7. The highest BCUT2D eigenvalue weighted by Crippen LogP contribution is 2.17. The lowest BCUT2D eigenvalue weighted by atomic mass is 9.96. The lowest BCUT2D eigenvalue weighted by Gasteiger charge is -2.23. The Labute approximate surface area is 125 Å². The van der Waals surface area contributed by atoms with Gasteiger partial charge in [0.15, 0.2) is 0 Å². The Morgan fingerprint density at radius 3 is 2.43 bits per heavy atom. The number of aliphatic carboxylic acids is 1. The third-order valence-corrected chi connectivity index (χ3v) is 3.74. The molecule has 21 heavy (non-hydrogen) atoms. The highest BCUT2D eigenvalue weighted by Gasteiger charge is 2.19. The van der Waals surface area contributed by atoms with E-state index in [0.717, 1.165) is 25.7 Å². The number of carboxylic acid groups (broad SMARTS) is 1. The first-order chi connectivity index (χ1) is 9.90. The van der Waals surface area contributed by atoms with Crippen molar-refractivity contribution in [3.05, 3.63) is 0 Å². The number of likely N-dealkylation sites (N-methyl/N-ethyl adjacent to an activating group) is 1. The van der Waals surface area contributed by atoms with E-state index in [-0.39, 0.29) is 31.1 Å². The molecule has 7 nitrogen and oxygen atoms in total. The van der Waals surface area contributed by atoms with Crippen molar-refractivity contribution < 1.29 is 19.5 Å². The Hall–Kier alpha value is -1.79. The summed E-state index contributed by atoms with van der Waals surface area (Å²) >= 11 is 0. The van der Waals surface area contributed by atoms with Crippen LogP contribution in [0.5, 0.6) is 0 Å². The van der Waals surface area contributed by atoms with E-state index in [9.17, 15) is 14.4 Å². The van der Waals surface area contributed by atoms with E-state index in [1.165, 1.54) is 25.3 Å². The number of hydrogen-bond acceptors (Lipinski definition) is 3. The van der Waals surface area contributed by atoms with Crippen LogP contribution in [-0.2, 0) is 9.59 Å². The molecule has 0 bridgehead atoms. The molecule has 3 amide bonds. The number of amides is 3. The maximum absolute atomic E-state index is 11.8. The molecule has 0 spiro atoms. The first-order valence-electron chi connectivity index (χ1n) is 7.41. The Morgan fingerprint density at radius 2 is 1.86 bits per heavy atom. The van der Waals surface area contributed by atoms with Gasteiger partial charge in [-0.05, 0) is 12.8 Å². The Balaban J connectivity index is 2.24. The average Bonchev–Trinajstić information content (AvgIpc) is 2.45. The van der Waals surface area contributed by atoms with Gasteiger partial charge in [-0.25, -0.2) is 4.79 Å². The molecule has 1 aliphatic carbocycles. The molecule has 3 N–H and O–H groups in total. The molecule has 1 unspecified atom stereocenters. The second-order valence-corrected chi connectivity index (χ2v) is 5.68. The minimum absolute atomic E-state index is 0.124. The first-order valence-corrected chi connectivity index (χ1v) is 7.41. The molecule has 0 aliphatic heterocycles. The van der Waals surface area contributed by atoms with Crippen LogP contribution in [-0.4, -0.2) is 54.1 Å². The number of nitrogens with one attached hydrogen (secondary N) is 2. The van der Waals surface area contributed by atoms with E-state index in [4.69, 9.17) is 5.11 Å². The average molecular weight is 299 g/mol. The topological polar surface area (TPSA) is 98.7 Å². The predicted molar refractivity (Wildman–Crippen MR) is 77.8 cm³/mol. The highest BCUT2D eigenvalue weighted by molar-refractivity contribution is 5.84. The number of rotatable bonds is 6. The molecule has 0 saturated heterocycles. The van der Waals surface area contributed by atoms with Gasteiger partial charge >= 0.3 is 12.0 Å². The highest BCUT2D eigenvalue weighted by atomic mass is 16.4. The molecule has 1 saturated carbocycles. The Kier molecular flexibility index (Phi) is 6.98. The van der Waals surface area contributed by atoms with Gasteiger partial charge in [-0.15, -0.1) is 0 Å². The third-order valence-electron chi connectivity index (χ3n) is 3.74. The number of carbonyl (C=O) groups excluding carboxylic acids is 2. The van der Waals surface area contributed by atoms with Gasteiger partial charge < -0.3 is 20.6 Å². The normalized spacial score (nSPS) is 16.9. The zero-order valence-corrected chi connectivity index (χ0v) is 12.7. The third kappa shape index (κ3) is 6.46. The van der Waals surface area contributed by atoms with Crippen molar-refractivity contribution in [2.45, 2.75) is 45.1 Å². The second kappa shape index (κ2) is 8.49. The van der Waals surface area contributed by atoms with Gasteiger partial charge in [-0.2, -0.15) is 0 Å². The van der Waals surface area contributed by atoms with Crippen molar-refractivity contribution >= 4 is 17.9 Å². The summed E-state index contributed by atoms with van der Waals surface area (Å²) in [6.45, 7) is 1.54. The van der Waals surface area contributed by atoms with Gasteiger partial charge in [0.2, 0.25) is 5.91 Å². The summed E-state index contributed by atoms with van der Waals surface area (Å²) in [4.78, 5) is 35.5. The lowest BCUT2D eigenvalue weighted by Crippen LogP contribution is -2.47. The lowest BCUT2D eigenvalue weighted by molar-refractivity contribution is -0.142. The molecular weight excluding hydrogens is 274 g/mol. The molecule has 1 fully saturated rings. The van der Waals surface area contributed by atoms with E-state index in [1.807, 2.05) is 0 Å². The molecule has 1 aliphatic rings. The van der Waals surface area contributed by atoms with Crippen LogP contribution >= 0.6 is 0 Å². The van der Waals surface area contributed by atoms with Gasteiger partial charge in [0.1, 0.15) is 0 Å². The van der Waals surface area contributed by atoms with Gasteiger partial charge in [-0.3, -0.25) is 9.59 Å². The van der Waals surface area contributed by atoms with E-state index in [1.54, 1.807) is 0 Å². The minimum Gasteiger partial charge on any atom is -0.481 e. The van der Waals surface area contributed by atoms with Gasteiger partial charge in [0, 0.05) is 19.6 Å². The molecule has 0 aromatic carbocycles. The zero-order chi connectivity index (χ0) is 15.8. The number of carboxylic acids is 1. The predicted octanol–water partition coefficient (Wildman–Crippen LogP) is 0.797. The maximum atomic E-state index is 11.8. The van der Waals surface area contributed by atoms with E-state index >= 15 is 0 Å². The van der Waals surface area contributed by atoms with Gasteiger partial charge in [0.25, 0.3) is 0 Å². The second-order valence-electron chi connectivity index (χ2n) is 5.68. The summed E-state index contributed by atoms with van der Waals surface area (Å²) in [5.41, 5.74) is 0. The van der Waals surface area contributed by atoms with Crippen LogP contribution in [0, 0.1) is 5.92 Å². The molecule has 1 rings (SSSR count). The smallest absolute Gasteiger partial charge is 0.315 e. The number of hydrogen-bond donors (Lipinski definition) is 3. The van der Waals surface area contributed by atoms with Crippen LogP contribution in [0.1, 0.15) is 39.0 Å². The molecule has 0 aromatic heterocycles. The summed E-state index contributed by atoms with van der Waals surface area (Å²) in [6.07, 6.45) is 5.43. The number of urea groups is 1. The van der Waals surface area contributed by atoms with Gasteiger partial charge in [0.05, 0.1) is 12.5 Å². The van der Waals surface area contributed by atoms with E-state index in [2.05, 4.69) is 10.6 Å². The summed E-state index contributed by atoms with van der Waals surface area (Å²) in [6, 6.07) is -0.145. The summed E-state index contributed by atoms with van der Waals surface area (Å²) in [7, 11) is 1.53. The van der Waals surface area contributed by atoms with E-state index in [0.29, 0.717) is 0 Å². The van der Waals surface area contributed by atoms with E-state index < -0.39 is 11.9 Å². The van der Waals surface area contributed by atoms with Crippen LogP contribution in [0.4, 0.5) is 4.79 Å². The number of carbonyl (C=O) groups is 3. The molecule has 0 radical (unpaired) electrons. The minimum atomic E-state index is -0.947. The molecule has 7 heteroatoms. The van der Waals surface area contributed by atoms with Crippen molar-refractivity contribution in [3.8, 4) is 0 Å². The first kappa shape index (κ1) is 17.3. The number of nitrogens with zero attached hydrogens (tertiary/aromatic N) is 1. The molecular formula is C14H25N3O4. The van der Waals surface area contributed by atoms with Crippen molar-refractivity contribution in [2.75, 3.05) is 20.1 Å².